The van der Waals surface area contributed by atoms with Crippen molar-refractivity contribution < 1.29 is 5.21 Å². The maximum absolute atomic E-state index is 8.25. The standard InChI is InChI=1S/C7H8N2O.3ClH/c8-7(9-10)6-4-2-1-3-5-6;;;/h1-5,10H,(H2,8,9);3*1H. The van der Waals surface area contributed by atoms with Crippen molar-refractivity contribution in [2.24, 2.45) is 10.9 Å². The van der Waals surface area contributed by atoms with Crippen molar-refractivity contribution >= 4 is 43.1 Å². The molecule has 1 rings (SSSR count). The van der Waals surface area contributed by atoms with E-state index in [1.165, 1.54) is 0 Å². The van der Waals surface area contributed by atoms with Crippen molar-refractivity contribution in [2.45, 2.75) is 0 Å². The highest BCUT2D eigenvalue weighted by atomic mass is 35.5. The molecular formula is C7H11Cl3N2O. The van der Waals surface area contributed by atoms with Gasteiger partial charge in [0, 0.05) is 5.56 Å². The Morgan fingerprint density at radius 1 is 1.08 bits per heavy atom. The number of nitrogens with two attached hydrogens (primary N) is 1. The van der Waals surface area contributed by atoms with Gasteiger partial charge in [-0.25, -0.2) is 0 Å². The fraction of sp³-hybridized carbons (Fsp3) is 0. The molecule has 0 bridgehead atoms. The van der Waals surface area contributed by atoms with Gasteiger partial charge in [0.25, 0.3) is 0 Å². The number of oxime groups is 1. The van der Waals surface area contributed by atoms with Crippen molar-refractivity contribution in [3.8, 4) is 0 Å². The van der Waals surface area contributed by atoms with Gasteiger partial charge in [0.05, 0.1) is 0 Å². The monoisotopic (exact) mass is 244 g/mol. The van der Waals surface area contributed by atoms with Gasteiger partial charge in [-0.3, -0.25) is 0 Å². The molecule has 0 aliphatic heterocycles. The lowest BCUT2D eigenvalue weighted by molar-refractivity contribution is 0.318. The maximum Gasteiger partial charge on any atom is 0.170 e. The van der Waals surface area contributed by atoms with E-state index in [1.54, 1.807) is 12.1 Å². The van der Waals surface area contributed by atoms with E-state index in [1.807, 2.05) is 18.2 Å². The third-order valence-electron chi connectivity index (χ3n) is 1.18. The molecule has 3 nitrogen and oxygen atoms in total. The van der Waals surface area contributed by atoms with E-state index in [4.69, 9.17) is 10.9 Å². The molecule has 0 heterocycles. The van der Waals surface area contributed by atoms with E-state index in [0.717, 1.165) is 5.56 Å². The van der Waals surface area contributed by atoms with Crippen LogP contribution in [0.25, 0.3) is 0 Å². The molecule has 3 N–H and O–H groups in total. The zero-order chi connectivity index (χ0) is 7.40. The Morgan fingerprint density at radius 3 is 1.92 bits per heavy atom. The van der Waals surface area contributed by atoms with Crippen molar-refractivity contribution in [1.29, 1.82) is 0 Å². The first-order valence-corrected chi connectivity index (χ1v) is 2.87. The summed E-state index contributed by atoms with van der Waals surface area (Å²) in [5.41, 5.74) is 6.02. The van der Waals surface area contributed by atoms with Gasteiger partial charge < -0.3 is 10.9 Å². The third-order valence-corrected chi connectivity index (χ3v) is 1.18. The van der Waals surface area contributed by atoms with Crippen molar-refractivity contribution in [2.75, 3.05) is 0 Å². The Balaban J connectivity index is -0.000000333. The van der Waals surface area contributed by atoms with E-state index in [2.05, 4.69) is 5.16 Å². The van der Waals surface area contributed by atoms with Gasteiger partial charge in [-0.15, -0.1) is 37.2 Å². The van der Waals surface area contributed by atoms with Crippen molar-refractivity contribution in [1.82, 2.24) is 0 Å². The summed E-state index contributed by atoms with van der Waals surface area (Å²) in [5.74, 6) is 0.139. The largest absolute Gasteiger partial charge is 0.409 e. The number of benzene rings is 1. The van der Waals surface area contributed by atoms with Crippen LogP contribution < -0.4 is 5.73 Å². The molecule has 1 aromatic rings. The van der Waals surface area contributed by atoms with Gasteiger partial charge in [0.1, 0.15) is 0 Å². The van der Waals surface area contributed by atoms with E-state index < -0.39 is 0 Å². The van der Waals surface area contributed by atoms with Crippen LogP contribution in [0.5, 0.6) is 0 Å². The molecule has 13 heavy (non-hydrogen) atoms. The molecule has 0 fully saturated rings. The average Bonchev–Trinajstić information content (AvgIpc) is 2.05. The molecule has 0 saturated heterocycles. The molecule has 0 unspecified atom stereocenters. The minimum Gasteiger partial charge on any atom is -0.409 e. The molecule has 0 aliphatic rings. The van der Waals surface area contributed by atoms with Gasteiger partial charge >= 0.3 is 0 Å². The molecule has 76 valence electrons. The van der Waals surface area contributed by atoms with Gasteiger partial charge in [0.2, 0.25) is 0 Å². The number of nitrogens with zero attached hydrogens (tertiary/aromatic N) is 1. The zero-order valence-corrected chi connectivity index (χ0v) is 9.03. The number of halogens is 3. The SMILES string of the molecule is Cl.Cl.Cl.N/C(=N\O)c1ccccc1. The number of hydrogen-bond acceptors (Lipinski definition) is 2. The average molecular weight is 246 g/mol. The van der Waals surface area contributed by atoms with Crippen LogP contribution >= 0.6 is 37.2 Å². The molecular weight excluding hydrogens is 234 g/mol. The van der Waals surface area contributed by atoms with Crippen molar-refractivity contribution in [3.63, 3.8) is 0 Å². The van der Waals surface area contributed by atoms with Crippen LogP contribution in [0.1, 0.15) is 5.56 Å². The first-order valence-electron chi connectivity index (χ1n) is 2.87. The summed E-state index contributed by atoms with van der Waals surface area (Å²) < 4.78 is 0. The summed E-state index contributed by atoms with van der Waals surface area (Å²) in [5, 5.41) is 11.1. The smallest absolute Gasteiger partial charge is 0.170 e. The summed E-state index contributed by atoms with van der Waals surface area (Å²) in [4.78, 5) is 0. The lowest BCUT2D eigenvalue weighted by Gasteiger charge is -1.94. The number of rotatable bonds is 1. The topological polar surface area (TPSA) is 58.6 Å². The highest BCUT2D eigenvalue weighted by Gasteiger charge is 1.93. The number of hydrogen-bond donors (Lipinski definition) is 2. The van der Waals surface area contributed by atoms with E-state index in [0.29, 0.717) is 0 Å². The minimum absolute atomic E-state index is 0. The zero-order valence-electron chi connectivity index (χ0n) is 6.58. The third kappa shape index (κ3) is 5.58. The Kier molecular flexibility index (Phi) is 13.2. The molecule has 6 heteroatoms. The predicted octanol–water partition coefficient (Wildman–Crippen LogP) is 2.05. The molecule has 0 spiro atoms. The van der Waals surface area contributed by atoms with Gasteiger partial charge in [0.15, 0.2) is 5.84 Å². The second kappa shape index (κ2) is 9.45. The lowest BCUT2D eigenvalue weighted by Crippen LogP contribution is -2.12. The van der Waals surface area contributed by atoms with Crippen LogP contribution in [0, 0.1) is 0 Å². The molecule has 0 amide bonds. The van der Waals surface area contributed by atoms with Gasteiger partial charge in [-0.05, 0) is 0 Å². The summed E-state index contributed by atoms with van der Waals surface area (Å²) in [6, 6.07) is 9.07. The normalized spacial score (nSPS) is 8.77. The Morgan fingerprint density at radius 2 is 1.54 bits per heavy atom. The van der Waals surface area contributed by atoms with E-state index in [9.17, 15) is 0 Å². The quantitative estimate of drug-likeness (QED) is 0.344. The first kappa shape index (κ1) is 18.2. The molecule has 0 atom stereocenters. The molecule has 0 aliphatic carbocycles. The first-order chi connectivity index (χ1) is 4.84. The Bertz CT molecular complexity index is 241. The lowest BCUT2D eigenvalue weighted by atomic mass is 10.2. The summed E-state index contributed by atoms with van der Waals surface area (Å²) in [7, 11) is 0. The summed E-state index contributed by atoms with van der Waals surface area (Å²) >= 11 is 0. The molecule has 0 radical (unpaired) electrons. The fourth-order valence-corrected chi connectivity index (χ4v) is 0.667. The minimum atomic E-state index is 0. The maximum atomic E-state index is 8.25. The molecule has 0 aromatic heterocycles. The van der Waals surface area contributed by atoms with Crippen LogP contribution in [-0.4, -0.2) is 11.0 Å². The van der Waals surface area contributed by atoms with Gasteiger partial charge in [-0.1, -0.05) is 35.5 Å². The van der Waals surface area contributed by atoms with E-state index in [-0.39, 0.29) is 43.1 Å². The van der Waals surface area contributed by atoms with E-state index >= 15 is 0 Å². The summed E-state index contributed by atoms with van der Waals surface area (Å²) in [6.45, 7) is 0. The second-order valence-electron chi connectivity index (χ2n) is 1.85. The van der Waals surface area contributed by atoms with Gasteiger partial charge in [-0.2, -0.15) is 0 Å². The highest BCUT2D eigenvalue weighted by molar-refractivity contribution is 5.96. The Labute approximate surface area is 95.2 Å². The highest BCUT2D eigenvalue weighted by Crippen LogP contribution is 1.96. The fourth-order valence-electron chi connectivity index (χ4n) is 0.667. The van der Waals surface area contributed by atoms with Crippen LogP contribution in [-0.2, 0) is 0 Å². The second-order valence-corrected chi connectivity index (χ2v) is 1.85. The Hall–Kier alpha value is -0.640. The number of amidine groups is 1. The van der Waals surface area contributed by atoms with Crippen LogP contribution in [0.4, 0.5) is 0 Å². The molecule has 0 saturated carbocycles. The van der Waals surface area contributed by atoms with Crippen LogP contribution in [0.15, 0.2) is 35.5 Å². The predicted molar refractivity (Wildman–Crippen MR) is 60.7 cm³/mol. The van der Waals surface area contributed by atoms with Crippen LogP contribution in [0.3, 0.4) is 0 Å². The summed E-state index contributed by atoms with van der Waals surface area (Å²) in [6.07, 6.45) is 0. The molecule has 1 aromatic carbocycles. The van der Waals surface area contributed by atoms with Crippen LogP contribution in [0.2, 0.25) is 0 Å². The van der Waals surface area contributed by atoms with Crippen molar-refractivity contribution in [3.05, 3.63) is 35.9 Å².